The summed E-state index contributed by atoms with van der Waals surface area (Å²) in [5, 5.41) is 4.10. The number of aromatic nitrogens is 2. The van der Waals surface area contributed by atoms with Gasteiger partial charge in [-0.25, -0.2) is 4.79 Å². The average molecular weight is 228 g/mol. The standard InChI is InChI=1S/C10H16N2O2S/c1-3-14-10(13)9-8(5-4-6-15)7-12(2)11-9/h7,15H,3-6H2,1-2H3. The first-order chi connectivity index (χ1) is 7.19. The molecule has 15 heavy (non-hydrogen) atoms. The van der Waals surface area contributed by atoms with Gasteiger partial charge in [0.25, 0.3) is 0 Å². The number of esters is 1. The molecule has 0 radical (unpaired) electrons. The zero-order valence-electron chi connectivity index (χ0n) is 9.06. The molecule has 1 heterocycles. The highest BCUT2D eigenvalue weighted by atomic mass is 32.1. The molecule has 5 heteroatoms. The van der Waals surface area contributed by atoms with Gasteiger partial charge in [-0.05, 0) is 25.5 Å². The Morgan fingerprint density at radius 1 is 1.67 bits per heavy atom. The summed E-state index contributed by atoms with van der Waals surface area (Å²) in [7, 11) is 1.80. The maximum absolute atomic E-state index is 11.5. The Kier molecular flexibility index (Phi) is 4.68. The van der Waals surface area contributed by atoms with Gasteiger partial charge in [0.1, 0.15) is 0 Å². The van der Waals surface area contributed by atoms with Crippen molar-refractivity contribution in [1.29, 1.82) is 0 Å². The predicted octanol–water partition coefficient (Wildman–Crippen LogP) is 1.46. The largest absolute Gasteiger partial charge is 0.461 e. The Balaban J connectivity index is 2.80. The summed E-state index contributed by atoms with van der Waals surface area (Å²) in [4.78, 5) is 11.5. The van der Waals surface area contributed by atoms with Crippen molar-refractivity contribution in [1.82, 2.24) is 9.78 Å². The van der Waals surface area contributed by atoms with Crippen LogP contribution in [0.4, 0.5) is 0 Å². The Morgan fingerprint density at radius 3 is 3.00 bits per heavy atom. The molecule has 0 fully saturated rings. The third-order valence-corrected chi connectivity index (χ3v) is 2.29. The van der Waals surface area contributed by atoms with Gasteiger partial charge in [0.15, 0.2) is 5.69 Å². The fourth-order valence-corrected chi connectivity index (χ4v) is 1.52. The third-order valence-electron chi connectivity index (χ3n) is 1.98. The van der Waals surface area contributed by atoms with Crippen molar-refractivity contribution in [2.45, 2.75) is 19.8 Å². The lowest BCUT2D eigenvalue weighted by Gasteiger charge is -2.00. The molecule has 0 spiro atoms. The minimum Gasteiger partial charge on any atom is -0.461 e. The number of ether oxygens (including phenoxy) is 1. The van der Waals surface area contributed by atoms with E-state index in [1.807, 2.05) is 6.20 Å². The van der Waals surface area contributed by atoms with E-state index in [9.17, 15) is 4.79 Å². The van der Waals surface area contributed by atoms with E-state index in [2.05, 4.69) is 17.7 Å². The predicted molar refractivity (Wildman–Crippen MR) is 61.3 cm³/mol. The summed E-state index contributed by atoms with van der Waals surface area (Å²) in [6.07, 6.45) is 3.60. The first-order valence-electron chi connectivity index (χ1n) is 4.99. The SMILES string of the molecule is CCOC(=O)c1nn(C)cc1CCCS. The lowest BCUT2D eigenvalue weighted by Crippen LogP contribution is -2.08. The average Bonchev–Trinajstić information content (AvgIpc) is 2.57. The first-order valence-corrected chi connectivity index (χ1v) is 5.62. The molecule has 0 atom stereocenters. The van der Waals surface area contributed by atoms with E-state index in [4.69, 9.17) is 4.74 Å². The van der Waals surface area contributed by atoms with Crippen molar-refractivity contribution in [2.75, 3.05) is 12.4 Å². The van der Waals surface area contributed by atoms with Crippen LogP contribution in [0.1, 0.15) is 29.4 Å². The monoisotopic (exact) mass is 228 g/mol. The van der Waals surface area contributed by atoms with Crippen molar-refractivity contribution >= 4 is 18.6 Å². The molecule has 84 valence electrons. The molecule has 1 rings (SSSR count). The van der Waals surface area contributed by atoms with Crippen LogP contribution < -0.4 is 0 Å². The quantitative estimate of drug-likeness (QED) is 0.613. The topological polar surface area (TPSA) is 44.1 Å². The molecule has 0 N–H and O–H groups in total. The van der Waals surface area contributed by atoms with E-state index in [-0.39, 0.29) is 5.97 Å². The molecule has 0 aliphatic heterocycles. The van der Waals surface area contributed by atoms with E-state index >= 15 is 0 Å². The second-order valence-electron chi connectivity index (χ2n) is 3.22. The van der Waals surface area contributed by atoms with Crippen LogP contribution in [-0.4, -0.2) is 28.1 Å². The number of carbonyl (C=O) groups is 1. The molecule has 0 saturated carbocycles. The molecule has 0 bridgehead atoms. The summed E-state index contributed by atoms with van der Waals surface area (Å²) in [6.45, 7) is 2.16. The molecular formula is C10H16N2O2S. The van der Waals surface area contributed by atoms with E-state index in [0.717, 1.165) is 24.2 Å². The zero-order chi connectivity index (χ0) is 11.3. The minimum absolute atomic E-state index is 0.340. The second-order valence-corrected chi connectivity index (χ2v) is 3.67. The molecule has 1 aromatic heterocycles. The van der Waals surface area contributed by atoms with Crippen molar-refractivity contribution < 1.29 is 9.53 Å². The van der Waals surface area contributed by atoms with Crippen LogP contribution in [0.2, 0.25) is 0 Å². The molecule has 4 nitrogen and oxygen atoms in total. The van der Waals surface area contributed by atoms with E-state index in [1.54, 1.807) is 18.7 Å². The third kappa shape index (κ3) is 3.27. The number of carbonyl (C=O) groups excluding carboxylic acids is 1. The minimum atomic E-state index is -0.340. The fraction of sp³-hybridized carbons (Fsp3) is 0.600. The normalized spacial score (nSPS) is 10.3. The first kappa shape index (κ1) is 12.1. The fourth-order valence-electron chi connectivity index (χ4n) is 1.36. The number of aryl methyl sites for hydroxylation is 2. The smallest absolute Gasteiger partial charge is 0.359 e. The number of rotatable bonds is 5. The van der Waals surface area contributed by atoms with E-state index in [1.165, 1.54) is 0 Å². The Labute approximate surface area is 95.0 Å². The molecule has 1 aromatic rings. The van der Waals surface area contributed by atoms with Gasteiger partial charge < -0.3 is 4.74 Å². The van der Waals surface area contributed by atoms with Crippen molar-refractivity contribution in [3.63, 3.8) is 0 Å². The van der Waals surface area contributed by atoms with Gasteiger partial charge in [0.05, 0.1) is 6.61 Å². The van der Waals surface area contributed by atoms with E-state index in [0.29, 0.717) is 12.3 Å². The van der Waals surface area contributed by atoms with Crippen molar-refractivity contribution in [2.24, 2.45) is 7.05 Å². The summed E-state index contributed by atoms with van der Waals surface area (Å²) in [6, 6.07) is 0. The van der Waals surface area contributed by atoms with Gasteiger partial charge in [-0.1, -0.05) is 0 Å². The van der Waals surface area contributed by atoms with Crippen LogP contribution in [0.15, 0.2) is 6.20 Å². The number of hydrogen-bond acceptors (Lipinski definition) is 4. The van der Waals surface area contributed by atoms with Crippen LogP contribution in [-0.2, 0) is 18.2 Å². The van der Waals surface area contributed by atoms with Gasteiger partial charge in [-0.15, -0.1) is 0 Å². The van der Waals surface area contributed by atoms with Crippen LogP contribution in [0, 0.1) is 0 Å². The van der Waals surface area contributed by atoms with Gasteiger partial charge in [-0.3, -0.25) is 4.68 Å². The maximum atomic E-state index is 11.5. The van der Waals surface area contributed by atoms with Gasteiger partial charge in [0.2, 0.25) is 0 Å². The molecule has 0 amide bonds. The molecule has 0 aliphatic rings. The van der Waals surface area contributed by atoms with Gasteiger partial charge >= 0.3 is 5.97 Å². The van der Waals surface area contributed by atoms with E-state index < -0.39 is 0 Å². The highest BCUT2D eigenvalue weighted by Gasteiger charge is 2.16. The Hall–Kier alpha value is -0.970. The highest BCUT2D eigenvalue weighted by molar-refractivity contribution is 7.80. The summed E-state index contributed by atoms with van der Waals surface area (Å²) in [5.74, 6) is 0.462. The maximum Gasteiger partial charge on any atom is 0.359 e. The van der Waals surface area contributed by atoms with Crippen LogP contribution >= 0.6 is 12.6 Å². The van der Waals surface area contributed by atoms with Crippen LogP contribution in [0.3, 0.4) is 0 Å². The van der Waals surface area contributed by atoms with Crippen LogP contribution in [0.25, 0.3) is 0 Å². The molecule has 0 aromatic carbocycles. The van der Waals surface area contributed by atoms with Gasteiger partial charge in [-0.2, -0.15) is 17.7 Å². The Bertz CT molecular complexity index is 336. The summed E-state index contributed by atoms with van der Waals surface area (Å²) in [5.41, 5.74) is 1.37. The molecular weight excluding hydrogens is 212 g/mol. The zero-order valence-corrected chi connectivity index (χ0v) is 9.96. The molecule has 0 unspecified atom stereocenters. The van der Waals surface area contributed by atoms with Crippen LogP contribution in [0.5, 0.6) is 0 Å². The molecule has 0 saturated heterocycles. The molecule has 0 aliphatic carbocycles. The van der Waals surface area contributed by atoms with Gasteiger partial charge in [0, 0.05) is 18.8 Å². The summed E-state index contributed by atoms with van der Waals surface area (Å²) >= 11 is 4.14. The number of nitrogens with zero attached hydrogens (tertiary/aromatic N) is 2. The number of hydrogen-bond donors (Lipinski definition) is 1. The highest BCUT2D eigenvalue weighted by Crippen LogP contribution is 2.11. The lowest BCUT2D eigenvalue weighted by atomic mass is 10.1. The lowest BCUT2D eigenvalue weighted by molar-refractivity contribution is 0.0517. The number of thiol groups is 1. The summed E-state index contributed by atoms with van der Waals surface area (Å²) < 4.78 is 6.57. The second kappa shape index (κ2) is 5.80. The van der Waals surface area contributed by atoms with Crippen molar-refractivity contribution in [3.8, 4) is 0 Å². The Morgan fingerprint density at radius 2 is 2.40 bits per heavy atom. The van der Waals surface area contributed by atoms with Crippen molar-refractivity contribution in [3.05, 3.63) is 17.5 Å².